The molecule has 56 valence electrons. The summed E-state index contributed by atoms with van der Waals surface area (Å²) in [6, 6.07) is 7.69. The van der Waals surface area contributed by atoms with Gasteiger partial charge in [0.1, 0.15) is 0 Å². The Labute approximate surface area is 95.0 Å². The molecule has 0 saturated heterocycles. The van der Waals surface area contributed by atoms with Gasteiger partial charge in [0.15, 0.2) is 0 Å². The van der Waals surface area contributed by atoms with Crippen molar-refractivity contribution in [3.05, 3.63) is 29.8 Å². The van der Waals surface area contributed by atoms with E-state index in [-0.39, 0.29) is 34.5 Å². The van der Waals surface area contributed by atoms with Gasteiger partial charge in [0, 0.05) is 4.90 Å². The van der Waals surface area contributed by atoms with Crippen molar-refractivity contribution >= 4 is 11.1 Å². The van der Waals surface area contributed by atoms with Crippen molar-refractivity contribution in [3.8, 4) is 6.07 Å². The fraction of sp³-hybridized carbons (Fsp3) is 0. The number of benzene rings is 1. The van der Waals surface area contributed by atoms with Crippen molar-refractivity contribution in [2.24, 2.45) is 0 Å². The molecule has 0 bridgehead atoms. The van der Waals surface area contributed by atoms with E-state index in [1.54, 1.807) is 6.07 Å². The van der Waals surface area contributed by atoms with E-state index in [0.717, 1.165) is 0 Å². The maximum atomic E-state index is 10.4. The van der Waals surface area contributed by atoms with Gasteiger partial charge in [-0.3, -0.25) is 4.21 Å². The van der Waals surface area contributed by atoms with E-state index in [9.17, 15) is 8.76 Å². The van der Waals surface area contributed by atoms with Crippen molar-refractivity contribution in [1.82, 2.24) is 0 Å². The average molecular weight is 189 g/mol. The number of hydrogen-bond acceptors (Lipinski definition) is 3. The Hall–Kier alpha value is -0.180. The summed E-state index contributed by atoms with van der Waals surface area (Å²) in [6.07, 6.45) is 0. The molecule has 0 aliphatic rings. The standard InChI is InChI=1S/C7H5NO2S.Na/c8-5-6-2-1-3-7(4-6)11(9)10;/h1-4H,(H,9,10);/q;+1/p-1. The molecule has 0 saturated carbocycles. The molecule has 0 aromatic heterocycles. The molecule has 0 aliphatic carbocycles. The fourth-order valence-electron chi connectivity index (χ4n) is 0.669. The first kappa shape index (κ1) is 11.8. The maximum Gasteiger partial charge on any atom is 1.00 e. The summed E-state index contributed by atoms with van der Waals surface area (Å²) in [5.41, 5.74) is 0.353. The van der Waals surface area contributed by atoms with Crippen LogP contribution >= 0.6 is 0 Å². The second kappa shape index (κ2) is 5.46. The van der Waals surface area contributed by atoms with Crippen LogP contribution < -0.4 is 29.6 Å². The molecule has 12 heavy (non-hydrogen) atoms. The third-order valence-electron chi connectivity index (χ3n) is 1.16. The molecule has 1 atom stereocenters. The minimum atomic E-state index is -2.24. The van der Waals surface area contributed by atoms with E-state index in [2.05, 4.69) is 0 Å². The molecule has 1 aromatic carbocycles. The zero-order chi connectivity index (χ0) is 8.27. The summed E-state index contributed by atoms with van der Waals surface area (Å²) in [4.78, 5) is 0.143. The molecule has 1 rings (SSSR count). The van der Waals surface area contributed by atoms with Gasteiger partial charge < -0.3 is 4.55 Å². The zero-order valence-electron chi connectivity index (χ0n) is 6.48. The number of hydrogen-bond donors (Lipinski definition) is 0. The maximum absolute atomic E-state index is 10.4. The van der Waals surface area contributed by atoms with Crippen molar-refractivity contribution in [2.75, 3.05) is 0 Å². The molecule has 1 unspecified atom stereocenters. The van der Waals surface area contributed by atoms with E-state index < -0.39 is 11.1 Å². The van der Waals surface area contributed by atoms with Gasteiger partial charge in [-0.2, -0.15) is 5.26 Å². The van der Waals surface area contributed by atoms with Crippen LogP contribution in [-0.2, 0) is 11.1 Å². The van der Waals surface area contributed by atoms with Crippen LogP contribution in [0.5, 0.6) is 0 Å². The quantitative estimate of drug-likeness (QED) is 0.372. The smallest absolute Gasteiger partial charge is 0.768 e. The molecule has 5 heteroatoms. The topological polar surface area (TPSA) is 63.9 Å². The van der Waals surface area contributed by atoms with Crippen molar-refractivity contribution < 1.29 is 38.3 Å². The van der Waals surface area contributed by atoms with Gasteiger partial charge >= 0.3 is 29.6 Å². The van der Waals surface area contributed by atoms with Gasteiger partial charge in [-0.1, -0.05) is 6.07 Å². The van der Waals surface area contributed by atoms with Gasteiger partial charge in [0.25, 0.3) is 0 Å². The van der Waals surface area contributed by atoms with Gasteiger partial charge in [-0.15, -0.1) is 0 Å². The molecule has 0 aliphatic heterocycles. The first-order chi connectivity index (χ1) is 5.24. The Balaban J connectivity index is 0.00000121. The van der Waals surface area contributed by atoms with Gasteiger partial charge in [-0.05, 0) is 29.3 Å². The van der Waals surface area contributed by atoms with Crippen LogP contribution in [0.4, 0.5) is 0 Å². The first-order valence-electron chi connectivity index (χ1n) is 2.83. The van der Waals surface area contributed by atoms with E-state index in [4.69, 9.17) is 5.26 Å². The molecule has 1 aromatic rings. The van der Waals surface area contributed by atoms with E-state index in [1.165, 1.54) is 18.2 Å². The van der Waals surface area contributed by atoms with Crippen LogP contribution in [0, 0.1) is 11.3 Å². The molecule has 3 nitrogen and oxygen atoms in total. The minimum Gasteiger partial charge on any atom is -0.768 e. The second-order valence-electron chi connectivity index (χ2n) is 1.87. The normalized spacial score (nSPS) is 11.0. The summed E-state index contributed by atoms with van der Waals surface area (Å²) in [6.45, 7) is 0. The average Bonchev–Trinajstić information content (AvgIpc) is 2.05. The van der Waals surface area contributed by atoms with E-state index >= 15 is 0 Å². The predicted molar refractivity (Wildman–Crippen MR) is 38.3 cm³/mol. The summed E-state index contributed by atoms with van der Waals surface area (Å²) in [7, 11) is 0. The largest absolute Gasteiger partial charge is 1.00 e. The molecule has 0 N–H and O–H groups in total. The van der Waals surface area contributed by atoms with Crippen LogP contribution in [-0.4, -0.2) is 8.76 Å². The monoisotopic (exact) mass is 189 g/mol. The second-order valence-corrected chi connectivity index (χ2v) is 2.82. The summed E-state index contributed by atoms with van der Waals surface area (Å²) in [5, 5.41) is 8.39. The van der Waals surface area contributed by atoms with Crippen LogP contribution in [0.25, 0.3) is 0 Å². The molecular weight excluding hydrogens is 185 g/mol. The Bertz CT molecular complexity index is 334. The van der Waals surface area contributed by atoms with Crippen molar-refractivity contribution in [2.45, 2.75) is 4.90 Å². The molecule has 0 radical (unpaired) electrons. The summed E-state index contributed by atoms with van der Waals surface area (Å²) < 4.78 is 20.7. The van der Waals surface area contributed by atoms with Crippen LogP contribution in [0.1, 0.15) is 5.56 Å². The number of rotatable bonds is 1. The Morgan fingerprint density at radius 1 is 1.50 bits per heavy atom. The van der Waals surface area contributed by atoms with Crippen LogP contribution in [0.2, 0.25) is 0 Å². The van der Waals surface area contributed by atoms with Gasteiger partial charge in [-0.25, -0.2) is 0 Å². The fourth-order valence-corrected chi connectivity index (χ4v) is 1.08. The van der Waals surface area contributed by atoms with Crippen LogP contribution in [0.3, 0.4) is 0 Å². The molecule has 0 fully saturated rings. The molecular formula is C7H4NNaO2S. The Morgan fingerprint density at radius 3 is 2.67 bits per heavy atom. The Kier molecular flexibility index (Phi) is 5.38. The summed E-state index contributed by atoms with van der Waals surface area (Å²) >= 11 is -2.24. The van der Waals surface area contributed by atoms with Gasteiger partial charge in [0.05, 0.1) is 11.6 Å². The third-order valence-corrected chi connectivity index (χ3v) is 1.79. The van der Waals surface area contributed by atoms with E-state index in [1.807, 2.05) is 6.07 Å². The zero-order valence-corrected chi connectivity index (χ0v) is 9.30. The van der Waals surface area contributed by atoms with Crippen LogP contribution in [0.15, 0.2) is 29.2 Å². The van der Waals surface area contributed by atoms with Crippen molar-refractivity contribution in [3.63, 3.8) is 0 Å². The van der Waals surface area contributed by atoms with Gasteiger partial charge in [0.2, 0.25) is 0 Å². The Morgan fingerprint density at radius 2 is 2.17 bits per heavy atom. The number of nitriles is 1. The van der Waals surface area contributed by atoms with E-state index in [0.29, 0.717) is 5.56 Å². The molecule has 0 heterocycles. The predicted octanol–water partition coefficient (Wildman–Crippen LogP) is -2.20. The first-order valence-corrected chi connectivity index (χ1v) is 3.91. The van der Waals surface area contributed by atoms with Crippen molar-refractivity contribution in [1.29, 1.82) is 5.26 Å². The SMILES string of the molecule is N#Cc1cccc(S(=O)[O-])c1.[Na+]. The number of nitrogens with zero attached hydrogens (tertiary/aromatic N) is 1. The summed E-state index contributed by atoms with van der Waals surface area (Å²) in [5.74, 6) is 0. The minimum absolute atomic E-state index is 0. The molecule has 0 amide bonds. The third kappa shape index (κ3) is 3.05. The molecule has 0 spiro atoms.